The van der Waals surface area contributed by atoms with Crippen molar-refractivity contribution in [1.82, 2.24) is 5.01 Å². The number of nitrogens with one attached hydrogen (secondary N) is 1. The van der Waals surface area contributed by atoms with Crippen molar-refractivity contribution in [2.24, 2.45) is 28.8 Å². The smallest absolute Gasteiger partial charge is 0.312 e. The first-order valence-electron chi connectivity index (χ1n) is 19.2. The highest BCUT2D eigenvalue weighted by Crippen LogP contribution is 2.55. The number of aliphatic hydroxyl groups is 2. The van der Waals surface area contributed by atoms with Crippen molar-refractivity contribution in [3.05, 3.63) is 52.8 Å². The van der Waals surface area contributed by atoms with Gasteiger partial charge in [-0.25, -0.2) is 0 Å². The third-order valence-electron chi connectivity index (χ3n) is 11.5. The molecule has 15 nitrogen and oxygen atoms in total. The lowest BCUT2D eigenvalue weighted by atomic mass is 9.78. The predicted molar refractivity (Wildman–Crippen MR) is 212 cm³/mol. The molecule has 9 atom stereocenters. The van der Waals surface area contributed by atoms with Gasteiger partial charge in [0.1, 0.15) is 23.4 Å². The Bertz CT molecular complexity index is 2020. The molecule has 2 aromatic carbocycles. The van der Waals surface area contributed by atoms with Gasteiger partial charge in [-0.05, 0) is 32.8 Å². The number of allylic oxidation sites excluding steroid dienone is 2. The van der Waals surface area contributed by atoms with Gasteiger partial charge >= 0.3 is 11.8 Å². The summed E-state index contributed by atoms with van der Waals surface area (Å²) in [6, 6.07) is 0. The van der Waals surface area contributed by atoms with Crippen LogP contribution in [0.4, 0.5) is 5.69 Å². The van der Waals surface area contributed by atoms with Gasteiger partial charge in [0.05, 0.1) is 53.0 Å². The van der Waals surface area contributed by atoms with Gasteiger partial charge in [0.2, 0.25) is 0 Å². The maximum atomic E-state index is 14.4. The number of ether oxygens (including phenoxy) is 4. The number of phenols is 3. The summed E-state index contributed by atoms with van der Waals surface area (Å²) in [5, 5.41) is 66.5. The topological polar surface area (TPSA) is 217 Å². The number of esters is 1. The average molecular weight is 794 g/mol. The van der Waals surface area contributed by atoms with E-state index in [-0.39, 0.29) is 44.5 Å². The first-order valence-corrected chi connectivity index (χ1v) is 19.2. The number of amides is 1. The zero-order valence-electron chi connectivity index (χ0n) is 33.9. The lowest BCUT2D eigenvalue weighted by Crippen LogP contribution is -2.46. The molecule has 0 saturated carbocycles. The lowest BCUT2D eigenvalue weighted by molar-refractivity contribution is -0.160. The third kappa shape index (κ3) is 8.32. The second-order valence-electron chi connectivity index (χ2n) is 15.5. The number of ketones is 1. The van der Waals surface area contributed by atoms with E-state index in [0.29, 0.717) is 13.1 Å². The number of hydrogen-bond donors (Lipinski definition) is 6. The number of benzene rings is 2. The minimum Gasteiger partial charge on any atom is -0.507 e. The molecule has 6 rings (SSSR count). The third-order valence-corrected chi connectivity index (χ3v) is 11.5. The Kier molecular flexibility index (Phi) is 13.0. The Morgan fingerprint density at radius 3 is 2.26 bits per heavy atom. The quantitative estimate of drug-likeness (QED) is 0.102. The van der Waals surface area contributed by atoms with Crippen molar-refractivity contribution in [3.8, 4) is 23.0 Å². The summed E-state index contributed by atoms with van der Waals surface area (Å²) in [4.78, 5) is 40.3. The highest BCUT2D eigenvalue weighted by Gasteiger charge is 2.50. The van der Waals surface area contributed by atoms with Gasteiger partial charge in [-0.3, -0.25) is 19.4 Å². The molecule has 4 aliphatic heterocycles. The van der Waals surface area contributed by atoms with Crippen LogP contribution in [0, 0.1) is 30.6 Å². The van der Waals surface area contributed by atoms with E-state index in [4.69, 9.17) is 18.9 Å². The molecule has 0 aliphatic carbocycles. The molecule has 4 aliphatic rings. The SMILES string of the molecule is COC1C=COC2(C)Oc3c(C)c(O)c4c(O)c(c(C=NN5CCCC5)c(O)c4c3C2=O)NC(=O)C(C)=CC=CC(C)C(O)C(C)C(O)C(C)C(OC(C)=O)C1C. The minimum absolute atomic E-state index is 0.0602. The molecule has 57 heavy (non-hydrogen) atoms. The van der Waals surface area contributed by atoms with E-state index < -0.39 is 88.8 Å². The summed E-state index contributed by atoms with van der Waals surface area (Å²) in [6.45, 7) is 13.8. The van der Waals surface area contributed by atoms with Crippen LogP contribution in [0.15, 0.2) is 41.2 Å². The molecule has 4 heterocycles. The van der Waals surface area contributed by atoms with Crippen molar-refractivity contribution in [3.63, 3.8) is 0 Å². The van der Waals surface area contributed by atoms with Gasteiger partial charge in [-0.1, -0.05) is 45.9 Å². The predicted octanol–water partition coefficient (Wildman–Crippen LogP) is 5.18. The molecular weight excluding hydrogens is 738 g/mol. The fourth-order valence-electron chi connectivity index (χ4n) is 7.83. The summed E-state index contributed by atoms with van der Waals surface area (Å²) >= 11 is 0. The van der Waals surface area contributed by atoms with E-state index in [1.54, 1.807) is 44.9 Å². The normalized spacial score (nSPS) is 30.2. The zero-order chi connectivity index (χ0) is 42.1. The van der Waals surface area contributed by atoms with Gasteiger partial charge in [0.15, 0.2) is 5.75 Å². The molecule has 0 spiro atoms. The molecule has 0 radical (unpaired) electrons. The molecule has 0 aromatic heterocycles. The molecule has 9 unspecified atom stereocenters. The van der Waals surface area contributed by atoms with E-state index in [1.165, 1.54) is 59.4 Å². The first kappa shape index (κ1) is 43.0. The molecular formula is C42H55N3O12. The highest BCUT2D eigenvalue weighted by molar-refractivity contribution is 6.23. The van der Waals surface area contributed by atoms with Crippen LogP contribution in [0.2, 0.25) is 0 Å². The number of hydrazone groups is 1. The standard InChI is InChI=1S/C42H55N3O12/c1-20-13-12-14-21(2)41(53)44-32-27(19-43-45-16-10-11-17-45)36(50)29-30(37(32)51)35(49)25(6)39-31(29)40(52)42(8,57-39)55-18-15-28(54-9)22(3)38(56-26(7)46)24(5)34(48)23(4)33(20)47/h12-15,18-20,22-24,28,33-34,38,47-51H,10-11,16-17H2,1-9H3,(H,44,53). The minimum atomic E-state index is -2.03. The maximum absolute atomic E-state index is 14.4. The average Bonchev–Trinajstić information content (AvgIpc) is 3.79. The van der Waals surface area contributed by atoms with Crippen molar-refractivity contribution in [2.45, 2.75) is 98.4 Å². The molecule has 1 saturated heterocycles. The van der Waals surface area contributed by atoms with Crippen LogP contribution < -0.4 is 10.1 Å². The van der Waals surface area contributed by atoms with Gasteiger partial charge in [-0.15, -0.1) is 0 Å². The van der Waals surface area contributed by atoms with Gasteiger partial charge in [0, 0.05) is 74.2 Å². The molecule has 6 N–H and O–H groups in total. The largest absolute Gasteiger partial charge is 0.507 e. The lowest BCUT2D eigenvalue weighted by Gasteiger charge is -2.38. The van der Waals surface area contributed by atoms with Gasteiger partial charge < -0.3 is 49.8 Å². The number of Topliss-reactive ketones (excluding diaryl/α,β-unsaturated/α-hetero) is 1. The molecule has 1 amide bonds. The summed E-state index contributed by atoms with van der Waals surface area (Å²) in [7, 11) is 1.44. The van der Waals surface area contributed by atoms with Crippen LogP contribution in [-0.4, -0.2) is 105 Å². The van der Waals surface area contributed by atoms with Crippen LogP contribution >= 0.6 is 0 Å². The number of methoxy groups -OCH3 is 1. The van der Waals surface area contributed by atoms with Gasteiger partial charge in [-0.2, -0.15) is 5.10 Å². The number of carbonyl (C=O) groups is 3. The Morgan fingerprint density at radius 2 is 1.63 bits per heavy atom. The summed E-state index contributed by atoms with van der Waals surface area (Å²) in [5.41, 5.74) is -0.313. The molecule has 2 aromatic rings. The Morgan fingerprint density at radius 1 is 0.965 bits per heavy atom. The van der Waals surface area contributed by atoms with Crippen molar-refractivity contribution >= 4 is 40.3 Å². The van der Waals surface area contributed by atoms with Crippen molar-refractivity contribution < 1.29 is 58.9 Å². The number of phenolic OH excluding ortho intramolecular Hbond substituents is 3. The fraction of sp³-hybridized carbons (Fsp3) is 0.524. The summed E-state index contributed by atoms with van der Waals surface area (Å²) < 4.78 is 23.5. The number of aliphatic hydroxyl groups excluding tert-OH is 2. The van der Waals surface area contributed by atoms with Gasteiger partial charge in [0.25, 0.3) is 11.7 Å². The van der Waals surface area contributed by atoms with Crippen LogP contribution in [-0.2, 0) is 23.8 Å². The Labute approximate surface area is 332 Å². The van der Waals surface area contributed by atoms with Crippen LogP contribution in [0.25, 0.3) is 10.8 Å². The van der Waals surface area contributed by atoms with Crippen LogP contribution in [0.1, 0.15) is 82.8 Å². The molecule has 15 heteroatoms. The monoisotopic (exact) mass is 793 g/mol. The Balaban J connectivity index is 1.71. The second-order valence-corrected chi connectivity index (χ2v) is 15.5. The number of nitrogens with zero attached hydrogens (tertiary/aromatic N) is 2. The maximum Gasteiger partial charge on any atom is 0.312 e. The number of rotatable bonds is 4. The summed E-state index contributed by atoms with van der Waals surface area (Å²) in [6.07, 6.45) is 6.68. The molecule has 1 fully saturated rings. The number of carbonyl (C=O) groups excluding carboxylic acids is 3. The Hall–Kier alpha value is -5.12. The fourth-order valence-corrected chi connectivity index (χ4v) is 7.83. The van der Waals surface area contributed by atoms with E-state index in [9.17, 15) is 39.9 Å². The van der Waals surface area contributed by atoms with Crippen molar-refractivity contribution in [1.29, 1.82) is 0 Å². The van der Waals surface area contributed by atoms with E-state index >= 15 is 0 Å². The summed E-state index contributed by atoms with van der Waals surface area (Å²) in [5.74, 6) is -8.28. The molecule has 310 valence electrons. The van der Waals surface area contributed by atoms with Crippen molar-refractivity contribution in [2.75, 3.05) is 25.5 Å². The highest BCUT2D eigenvalue weighted by atomic mass is 16.7. The van der Waals surface area contributed by atoms with E-state index in [2.05, 4.69) is 10.4 Å². The van der Waals surface area contributed by atoms with Crippen LogP contribution in [0.5, 0.6) is 23.0 Å². The number of hydrogen-bond acceptors (Lipinski definition) is 14. The molecule has 5 bridgehead atoms. The van der Waals surface area contributed by atoms with E-state index in [0.717, 1.165) is 12.8 Å². The second kappa shape index (κ2) is 17.2. The number of aromatic hydroxyl groups is 3. The zero-order valence-corrected chi connectivity index (χ0v) is 33.9. The van der Waals surface area contributed by atoms with Crippen LogP contribution in [0.3, 0.4) is 0 Å². The number of anilines is 1. The van der Waals surface area contributed by atoms with E-state index in [1.807, 2.05) is 0 Å². The number of fused-ring (bicyclic) bond motifs is 14. The first-order chi connectivity index (χ1) is 26.8.